The maximum atomic E-state index is 6.10. The number of hydrogen-bond acceptors (Lipinski definition) is 6. The van der Waals surface area contributed by atoms with Gasteiger partial charge in [0.25, 0.3) is 0 Å². The van der Waals surface area contributed by atoms with Crippen LogP contribution in [0.5, 0.6) is 0 Å². The number of fused-ring (bicyclic) bond motifs is 10. The zero-order valence-corrected chi connectivity index (χ0v) is 33.3. The number of thiophene rings is 1. The molecule has 0 saturated heterocycles. The van der Waals surface area contributed by atoms with Gasteiger partial charge in [-0.3, -0.25) is 4.98 Å². The van der Waals surface area contributed by atoms with Crippen molar-refractivity contribution in [2.75, 3.05) is 0 Å². The van der Waals surface area contributed by atoms with E-state index in [1.807, 2.05) is 29.5 Å². The van der Waals surface area contributed by atoms with Gasteiger partial charge in [-0.1, -0.05) is 91.0 Å². The van der Waals surface area contributed by atoms with E-state index in [9.17, 15) is 0 Å². The molecule has 0 unspecified atom stereocenters. The highest BCUT2D eigenvalue weighted by atomic mass is 32.1. The standard InChI is InChI=1S/C54H31N5OS/c1-2-8-34-27-37(14-13-32(34)7-1)53-56-52(57-54(58-53)38-18-23-48-44(29-38)42-25-26-55-31-49(42)60-48)33-15-20-39(21-16-33)59-46-11-5-3-9-40(46)41-22-17-36(30-47(41)59)35-19-24-51-45(28-35)43-10-4-6-12-50(43)61-51/h1-31H. The summed E-state index contributed by atoms with van der Waals surface area (Å²) < 4.78 is 11.1. The van der Waals surface area contributed by atoms with Crippen LogP contribution in [0, 0.1) is 0 Å². The van der Waals surface area contributed by atoms with Crippen molar-refractivity contribution in [2.45, 2.75) is 0 Å². The molecule has 284 valence electrons. The van der Waals surface area contributed by atoms with Crippen LogP contribution in [-0.4, -0.2) is 24.5 Å². The van der Waals surface area contributed by atoms with E-state index in [0.29, 0.717) is 17.5 Å². The predicted octanol–water partition coefficient (Wildman–Crippen LogP) is 14.5. The van der Waals surface area contributed by atoms with Crippen molar-refractivity contribution in [3.63, 3.8) is 0 Å². The Morgan fingerprint density at radius 3 is 1.92 bits per heavy atom. The average Bonchev–Trinajstić information content (AvgIpc) is 4.00. The van der Waals surface area contributed by atoms with Crippen LogP contribution >= 0.6 is 11.3 Å². The molecule has 6 nitrogen and oxygen atoms in total. The lowest BCUT2D eigenvalue weighted by Gasteiger charge is -2.12. The summed E-state index contributed by atoms with van der Waals surface area (Å²) in [5.41, 5.74) is 9.99. The van der Waals surface area contributed by atoms with Gasteiger partial charge in [-0.25, -0.2) is 15.0 Å². The molecule has 13 aromatic rings. The van der Waals surface area contributed by atoms with Gasteiger partial charge in [-0.2, -0.15) is 0 Å². The Balaban J connectivity index is 0.946. The fraction of sp³-hybridized carbons (Fsp3) is 0. The van der Waals surface area contributed by atoms with Gasteiger partial charge >= 0.3 is 0 Å². The maximum absolute atomic E-state index is 6.10. The lowest BCUT2D eigenvalue weighted by molar-refractivity contribution is 0.667. The number of pyridine rings is 1. The van der Waals surface area contributed by atoms with Gasteiger partial charge in [0.1, 0.15) is 5.58 Å². The van der Waals surface area contributed by atoms with Gasteiger partial charge in [-0.15, -0.1) is 11.3 Å². The lowest BCUT2D eigenvalue weighted by atomic mass is 10.0. The zero-order chi connectivity index (χ0) is 40.0. The van der Waals surface area contributed by atoms with Crippen molar-refractivity contribution < 1.29 is 4.42 Å². The Labute approximate surface area is 352 Å². The van der Waals surface area contributed by atoms with Crippen molar-refractivity contribution >= 4 is 86.0 Å². The van der Waals surface area contributed by atoms with E-state index in [1.165, 1.54) is 42.1 Å². The summed E-state index contributed by atoms with van der Waals surface area (Å²) in [6.45, 7) is 0. The van der Waals surface area contributed by atoms with E-state index < -0.39 is 0 Å². The summed E-state index contributed by atoms with van der Waals surface area (Å²) in [5.74, 6) is 1.80. The first-order valence-electron chi connectivity index (χ1n) is 20.3. The molecule has 0 bridgehead atoms. The van der Waals surface area contributed by atoms with E-state index in [2.05, 4.69) is 167 Å². The molecule has 0 aliphatic rings. The van der Waals surface area contributed by atoms with Crippen molar-refractivity contribution in [1.29, 1.82) is 0 Å². The molecule has 0 fully saturated rings. The molecule has 5 aromatic heterocycles. The summed E-state index contributed by atoms with van der Waals surface area (Å²) >= 11 is 1.85. The van der Waals surface area contributed by atoms with Crippen LogP contribution in [0.15, 0.2) is 193 Å². The highest BCUT2D eigenvalue weighted by Crippen LogP contribution is 2.39. The first-order chi connectivity index (χ1) is 30.2. The quantitative estimate of drug-likeness (QED) is 0.173. The van der Waals surface area contributed by atoms with Crippen molar-refractivity contribution in [1.82, 2.24) is 24.5 Å². The third-order valence-corrected chi connectivity index (χ3v) is 13.1. The highest BCUT2D eigenvalue weighted by molar-refractivity contribution is 7.25. The zero-order valence-electron chi connectivity index (χ0n) is 32.5. The Morgan fingerprint density at radius 1 is 0.393 bits per heavy atom. The van der Waals surface area contributed by atoms with Crippen molar-refractivity contribution in [3.05, 3.63) is 188 Å². The number of nitrogens with zero attached hydrogens (tertiary/aromatic N) is 5. The van der Waals surface area contributed by atoms with Gasteiger partial charge in [0.2, 0.25) is 0 Å². The van der Waals surface area contributed by atoms with Gasteiger partial charge in [0, 0.05) is 70.3 Å². The van der Waals surface area contributed by atoms with E-state index in [0.717, 1.165) is 66.1 Å². The Morgan fingerprint density at radius 2 is 1.03 bits per heavy atom. The van der Waals surface area contributed by atoms with Crippen molar-refractivity contribution in [3.8, 4) is 51.0 Å². The minimum absolute atomic E-state index is 0.589. The summed E-state index contributed by atoms with van der Waals surface area (Å²) in [6, 6.07) is 62.5. The molecule has 8 aromatic carbocycles. The van der Waals surface area contributed by atoms with Crippen LogP contribution in [-0.2, 0) is 0 Å². The first kappa shape index (κ1) is 33.9. The molecule has 0 aliphatic carbocycles. The van der Waals surface area contributed by atoms with Gasteiger partial charge in [0.15, 0.2) is 23.1 Å². The molecule has 0 amide bonds. The Bertz CT molecular complexity index is 3900. The van der Waals surface area contributed by atoms with Gasteiger partial charge in [-0.05, 0) is 107 Å². The molecule has 7 heteroatoms. The lowest BCUT2D eigenvalue weighted by Crippen LogP contribution is -2.00. The second-order valence-electron chi connectivity index (χ2n) is 15.5. The minimum atomic E-state index is 0.589. The average molecular weight is 798 g/mol. The molecule has 0 N–H and O–H groups in total. The smallest absolute Gasteiger partial charge is 0.164 e. The predicted molar refractivity (Wildman–Crippen MR) is 251 cm³/mol. The summed E-state index contributed by atoms with van der Waals surface area (Å²) in [5, 5.41) is 9.32. The molecule has 0 saturated carbocycles. The molecule has 13 rings (SSSR count). The SMILES string of the molecule is c1ccc2cc(-c3nc(-c4ccc(-n5c6ccccc6c6ccc(-c7ccc8sc9ccccc9c8c7)cc65)cc4)nc(-c4ccc5oc6cnccc6c5c4)n3)ccc2c1. The Hall–Kier alpha value is -8.00. The molecule has 0 radical (unpaired) electrons. The molecular formula is C54H31N5OS. The van der Waals surface area contributed by atoms with Gasteiger partial charge in [0.05, 0.1) is 17.2 Å². The van der Waals surface area contributed by atoms with Crippen LogP contribution in [0.2, 0.25) is 0 Å². The maximum Gasteiger partial charge on any atom is 0.164 e. The number of hydrogen-bond donors (Lipinski definition) is 0. The molecule has 61 heavy (non-hydrogen) atoms. The third-order valence-electron chi connectivity index (χ3n) is 11.9. The van der Waals surface area contributed by atoms with E-state index in [1.54, 1.807) is 12.4 Å². The minimum Gasteiger partial charge on any atom is -0.454 e. The Kier molecular flexibility index (Phi) is 7.37. The second-order valence-corrected chi connectivity index (χ2v) is 16.6. The number of para-hydroxylation sites is 1. The first-order valence-corrected chi connectivity index (χ1v) is 21.1. The van der Waals surface area contributed by atoms with Crippen LogP contribution in [0.3, 0.4) is 0 Å². The van der Waals surface area contributed by atoms with E-state index in [4.69, 9.17) is 19.4 Å². The van der Waals surface area contributed by atoms with Crippen LogP contribution in [0.4, 0.5) is 0 Å². The van der Waals surface area contributed by atoms with E-state index in [-0.39, 0.29) is 0 Å². The van der Waals surface area contributed by atoms with Crippen LogP contribution < -0.4 is 0 Å². The number of furan rings is 1. The van der Waals surface area contributed by atoms with Crippen molar-refractivity contribution in [2.24, 2.45) is 0 Å². The highest BCUT2D eigenvalue weighted by Gasteiger charge is 2.18. The molecule has 0 aliphatic heterocycles. The molecule has 0 spiro atoms. The number of rotatable bonds is 5. The number of aromatic nitrogens is 5. The third kappa shape index (κ3) is 5.48. The molecule has 5 heterocycles. The summed E-state index contributed by atoms with van der Waals surface area (Å²) in [6.07, 6.45) is 3.54. The van der Waals surface area contributed by atoms with E-state index >= 15 is 0 Å². The fourth-order valence-corrected chi connectivity index (χ4v) is 10.0. The normalized spacial score (nSPS) is 11.9. The second kappa shape index (κ2) is 13.3. The largest absolute Gasteiger partial charge is 0.454 e. The van der Waals surface area contributed by atoms with Gasteiger partial charge < -0.3 is 8.98 Å². The summed E-state index contributed by atoms with van der Waals surface area (Å²) in [7, 11) is 0. The monoisotopic (exact) mass is 797 g/mol. The van der Waals surface area contributed by atoms with Crippen LogP contribution in [0.25, 0.3) is 126 Å². The number of benzene rings is 8. The van der Waals surface area contributed by atoms with Crippen LogP contribution in [0.1, 0.15) is 0 Å². The summed E-state index contributed by atoms with van der Waals surface area (Å²) in [4.78, 5) is 19.6. The molecule has 0 atom stereocenters. The fourth-order valence-electron chi connectivity index (χ4n) is 8.96. The molecular weight excluding hydrogens is 767 g/mol. The topological polar surface area (TPSA) is 69.6 Å².